The Bertz CT molecular complexity index is 274. The van der Waals surface area contributed by atoms with E-state index in [0.717, 1.165) is 11.1 Å². The molecule has 1 aromatic carbocycles. The van der Waals surface area contributed by atoms with Gasteiger partial charge in [0.1, 0.15) is 0 Å². The van der Waals surface area contributed by atoms with Gasteiger partial charge in [-0.1, -0.05) is 24.3 Å². The van der Waals surface area contributed by atoms with Crippen LogP contribution in [0.2, 0.25) is 0 Å². The van der Waals surface area contributed by atoms with E-state index < -0.39 is 5.60 Å². The average molecular weight is 195 g/mol. The number of benzene rings is 1. The first kappa shape index (κ1) is 11.2. The third-order valence-electron chi connectivity index (χ3n) is 1.91. The molecule has 1 aromatic rings. The van der Waals surface area contributed by atoms with E-state index in [-0.39, 0.29) is 0 Å². The standard InChI is InChI=1S/C11H17NO2/c1-11(2,13)7-9-3-5-10(6-4-9)8-14-12/h3-6,13H,7-8,12H2,1-2H3. The van der Waals surface area contributed by atoms with Gasteiger partial charge in [-0.3, -0.25) is 4.84 Å². The summed E-state index contributed by atoms with van der Waals surface area (Å²) in [5.41, 5.74) is 1.48. The molecule has 3 nitrogen and oxygen atoms in total. The Kier molecular flexibility index (Phi) is 3.63. The largest absolute Gasteiger partial charge is 0.390 e. The van der Waals surface area contributed by atoms with Crippen LogP contribution in [0, 0.1) is 0 Å². The highest BCUT2D eigenvalue weighted by molar-refractivity contribution is 5.23. The number of hydrogen-bond donors (Lipinski definition) is 2. The number of hydrogen-bond acceptors (Lipinski definition) is 3. The topological polar surface area (TPSA) is 55.5 Å². The summed E-state index contributed by atoms with van der Waals surface area (Å²) in [5.74, 6) is 4.96. The van der Waals surface area contributed by atoms with Crippen molar-refractivity contribution in [3.63, 3.8) is 0 Å². The van der Waals surface area contributed by atoms with E-state index in [2.05, 4.69) is 4.84 Å². The maximum Gasteiger partial charge on any atom is 0.0930 e. The summed E-state index contributed by atoms with van der Waals surface area (Å²) in [6.45, 7) is 4.01. The molecule has 3 heteroatoms. The molecule has 0 saturated carbocycles. The van der Waals surface area contributed by atoms with Crippen molar-refractivity contribution < 1.29 is 9.94 Å². The quantitative estimate of drug-likeness (QED) is 0.714. The zero-order chi connectivity index (χ0) is 10.6. The van der Waals surface area contributed by atoms with Crippen molar-refractivity contribution >= 4 is 0 Å². The second kappa shape index (κ2) is 4.55. The lowest BCUT2D eigenvalue weighted by Crippen LogP contribution is -2.21. The Balaban J connectivity index is 2.64. The summed E-state index contributed by atoms with van der Waals surface area (Å²) >= 11 is 0. The van der Waals surface area contributed by atoms with E-state index in [0.29, 0.717) is 13.0 Å². The fraction of sp³-hybridized carbons (Fsp3) is 0.455. The van der Waals surface area contributed by atoms with Crippen molar-refractivity contribution in [2.75, 3.05) is 0 Å². The Hall–Kier alpha value is -0.900. The van der Waals surface area contributed by atoms with Gasteiger partial charge in [-0.15, -0.1) is 0 Å². The van der Waals surface area contributed by atoms with E-state index in [4.69, 9.17) is 5.90 Å². The van der Waals surface area contributed by atoms with Gasteiger partial charge in [-0.25, -0.2) is 5.90 Å². The third kappa shape index (κ3) is 3.87. The van der Waals surface area contributed by atoms with Crippen LogP contribution in [-0.2, 0) is 17.9 Å². The van der Waals surface area contributed by atoms with Gasteiger partial charge in [-0.05, 0) is 25.0 Å². The van der Waals surface area contributed by atoms with Crippen molar-refractivity contribution in [3.8, 4) is 0 Å². The molecule has 0 saturated heterocycles. The van der Waals surface area contributed by atoms with Crippen LogP contribution in [-0.4, -0.2) is 10.7 Å². The van der Waals surface area contributed by atoms with Crippen LogP contribution in [0.3, 0.4) is 0 Å². The van der Waals surface area contributed by atoms with Gasteiger partial charge < -0.3 is 5.11 Å². The van der Waals surface area contributed by atoms with E-state index >= 15 is 0 Å². The lowest BCUT2D eigenvalue weighted by Gasteiger charge is -2.16. The van der Waals surface area contributed by atoms with Crippen LogP contribution >= 0.6 is 0 Å². The van der Waals surface area contributed by atoms with E-state index in [1.807, 2.05) is 24.3 Å². The highest BCUT2D eigenvalue weighted by Crippen LogP contribution is 2.13. The Morgan fingerprint density at radius 2 is 1.71 bits per heavy atom. The van der Waals surface area contributed by atoms with Crippen LogP contribution in [0.25, 0.3) is 0 Å². The minimum absolute atomic E-state index is 0.419. The third-order valence-corrected chi connectivity index (χ3v) is 1.91. The van der Waals surface area contributed by atoms with Crippen LogP contribution in [0.5, 0.6) is 0 Å². The maximum atomic E-state index is 9.60. The molecule has 0 unspecified atom stereocenters. The van der Waals surface area contributed by atoms with Gasteiger partial charge >= 0.3 is 0 Å². The molecular formula is C11H17NO2. The molecule has 0 spiro atoms. The van der Waals surface area contributed by atoms with E-state index in [9.17, 15) is 5.11 Å². The predicted molar refractivity (Wildman–Crippen MR) is 55.4 cm³/mol. The van der Waals surface area contributed by atoms with Crippen LogP contribution in [0.1, 0.15) is 25.0 Å². The first-order valence-corrected chi connectivity index (χ1v) is 4.63. The van der Waals surface area contributed by atoms with Crippen molar-refractivity contribution in [2.45, 2.75) is 32.5 Å². The van der Waals surface area contributed by atoms with E-state index in [1.54, 1.807) is 13.8 Å². The van der Waals surface area contributed by atoms with Gasteiger partial charge in [-0.2, -0.15) is 0 Å². The minimum Gasteiger partial charge on any atom is -0.390 e. The van der Waals surface area contributed by atoms with E-state index in [1.165, 1.54) is 0 Å². The molecule has 0 aliphatic heterocycles. The smallest absolute Gasteiger partial charge is 0.0930 e. The van der Waals surface area contributed by atoms with Crippen LogP contribution < -0.4 is 5.90 Å². The summed E-state index contributed by atoms with van der Waals surface area (Å²) < 4.78 is 0. The normalized spacial score (nSPS) is 11.7. The van der Waals surface area contributed by atoms with Crippen LogP contribution in [0.4, 0.5) is 0 Å². The van der Waals surface area contributed by atoms with Crippen molar-refractivity contribution in [1.82, 2.24) is 0 Å². The van der Waals surface area contributed by atoms with Gasteiger partial charge in [0.05, 0.1) is 12.2 Å². The Morgan fingerprint density at radius 1 is 1.21 bits per heavy atom. The highest BCUT2D eigenvalue weighted by atomic mass is 16.6. The summed E-state index contributed by atoms with van der Waals surface area (Å²) in [7, 11) is 0. The molecule has 14 heavy (non-hydrogen) atoms. The van der Waals surface area contributed by atoms with Crippen molar-refractivity contribution in [1.29, 1.82) is 0 Å². The Morgan fingerprint density at radius 3 is 2.14 bits per heavy atom. The molecular weight excluding hydrogens is 178 g/mol. The summed E-state index contributed by atoms with van der Waals surface area (Å²) in [6.07, 6.45) is 0.650. The first-order valence-electron chi connectivity index (χ1n) is 4.63. The monoisotopic (exact) mass is 195 g/mol. The zero-order valence-electron chi connectivity index (χ0n) is 8.66. The number of aliphatic hydroxyl groups is 1. The van der Waals surface area contributed by atoms with Gasteiger partial charge in [0, 0.05) is 6.42 Å². The molecule has 0 aliphatic rings. The first-order chi connectivity index (χ1) is 6.51. The molecule has 78 valence electrons. The molecule has 0 aromatic heterocycles. The lowest BCUT2D eigenvalue weighted by atomic mass is 9.98. The molecule has 3 N–H and O–H groups in total. The summed E-state index contributed by atoms with van der Waals surface area (Å²) in [4.78, 5) is 4.52. The SMILES string of the molecule is CC(C)(O)Cc1ccc(CON)cc1. The van der Waals surface area contributed by atoms with Gasteiger partial charge in [0.25, 0.3) is 0 Å². The molecule has 0 fully saturated rings. The minimum atomic E-state index is -0.661. The average Bonchev–Trinajstić information content (AvgIpc) is 2.06. The maximum absolute atomic E-state index is 9.60. The van der Waals surface area contributed by atoms with Gasteiger partial charge in [0.2, 0.25) is 0 Å². The Labute approximate surface area is 84.5 Å². The fourth-order valence-electron chi connectivity index (χ4n) is 1.35. The number of nitrogens with two attached hydrogens (primary N) is 1. The van der Waals surface area contributed by atoms with Crippen molar-refractivity contribution in [3.05, 3.63) is 35.4 Å². The summed E-state index contributed by atoms with van der Waals surface area (Å²) in [6, 6.07) is 7.86. The molecule has 0 amide bonds. The molecule has 1 rings (SSSR count). The molecule has 0 aliphatic carbocycles. The molecule has 0 bridgehead atoms. The second-order valence-corrected chi connectivity index (χ2v) is 4.12. The summed E-state index contributed by atoms with van der Waals surface area (Å²) in [5, 5.41) is 9.60. The van der Waals surface area contributed by atoms with Crippen LogP contribution in [0.15, 0.2) is 24.3 Å². The molecule has 0 atom stereocenters. The molecule has 0 radical (unpaired) electrons. The fourth-order valence-corrected chi connectivity index (χ4v) is 1.35. The predicted octanol–water partition coefficient (Wildman–Crippen LogP) is 1.39. The number of rotatable bonds is 4. The second-order valence-electron chi connectivity index (χ2n) is 4.12. The highest BCUT2D eigenvalue weighted by Gasteiger charge is 2.12. The zero-order valence-corrected chi connectivity index (χ0v) is 8.66. The van der Waals surface area contributed by atoms with Gasteiger partial charge in [0.15, 0.2) is 0 Å². The molecule has 0 heterocycles. The van der Waals surface area contributed by atoms with Crippen molar-refractivity contribution in [2.24, 2.45) is 5.90 Å². The lowest BCUT2D eigenvalue weighted by molar-refractivity contribution is 0.0810.